The van der Waals surface area contributed by atoms with E-state index in [0.29, 0.717) is 25.3 Å². The van der Waals surface area contributed by atoms with Crippen molar-refractivity contribution in [2.24, 2.45) is 5.73 Å². The largest absolute Gasteiger partial charge is 0.394 e. The molecule has 7 heteroatoms. The molecule has 0 aromatic carbocycles. The molecule has 1 saturated heterocycles. The Morgan fingerprint density at radius 1 is 1.65 bits per heavy atom. The second-order valence-corrected chi connectivity index (χ2v) is 4.13. The van der Waals surface area contributed by atoms with Crippen molar-refractivity contribution in [2.75, 3.05) is 19.7 Å². The highest BCUT2D eigenvalue weighted by Gasteiger charge is 2.30. The van der Waals surface area contributed by atoms with Gasteiger partial charge in [-0.3, -0.25) is 9.48 Å². The average molecular weight is 239 g/mol. The number of aliphatic hydroxyl groups excluding tert-OH is 1. The monoisotopic (exact) mass is 239 g/mol. The Bertz CT molecular complexity index is 392. The number of hydrogen-bond acceptors (Lipinski definition) is 5. The fourth-order valence-electron chi connectivity index (χ4n) is 2.08. The number of nitrogens with zero attached hydrogens (tertiary/aromatic N) is 4. The summed E-state index contributed by atoms with van der Waals surface area (Å²) in [7, 11) is 0. The summed E-state index contributed by atoms with van der Waals surface area (Å²) < 4.78 is 1.55. The Balaban J connectivity index is 2.07. The van der Waals surface area contributed by atoms with E-state index in [1.165, 1.54) is 0 Å². The van der Waals surface area contributed by atoms with Crippen LogP contribution in [0.3, 0.4) is 0 Å². The molecule has 94 valence electrons. The van der Waals surface area contributed by atoms with E-state index in [0.717, 1.165) is 12.8 Å². The highest BCUT2D eigenvalue weighted by molar-refractivity contribution is 5.92. The summed E-state index contributed by atoms with van der Waals surface area (Å²) in [5.74, 6) is -0.162. The van der Waals surface area contributed by atoms with Gasteiger partial charge in [0.15, 0.2) is 5.69 Å². The van der Waals surface area contributed by atoms with Crippen LogP contribution in [0.25, 0.3) is 0 Å². The first-order valence-corrected chi connectivity index (χ1v) is 5.78. The minimum Gasteiger partial charge on any atom is -0.394 e. The lowest BCUT2D eigenvalue weighted by atomic mass is 10.2. The quantitative estimate of drug-likeness (QED) is 0.690. The third kappa shape index (κ3) is 2.45. The topological polar surface area (TPSA) is 97.3 Å². The molecule has 0 aliphatic carbocycles. The Labute approximate surface area is 99.2 Å². The van der Waals surface area contributed by atoms with Crippen LogP contribution in [0.1, 0.15) is 23.3 Å². The predicted molar refractivity (Wildman–Crippen MR) is 60.2 cm³/mol. The van der Waals surface area contributed by atoms with Crippen molar-refractivity contribution in [1.29, 1.82) is 0 Å². The van der Waals surface area contributed by atoms with Gasteiger partial charge in [0.2, 0.25) is 0 Å². The molecule has 1 fully saturated rings. The number of nitrogens with two attached hydrogens (primary N) is 1. The van der Waals surface area contributed by atoms with Crippen molar-refractivity contribution in [3.8, 4) is 0 Å². The molecule has 2 heterocycles. The van der Waals surface area contributed by atoms with Crippen LogP contribution in [0.5, 0.6) is 0 Å². The van der Waals surface area contributed by atoms with E-state index >= 15 is 0 Å². The van der Waals surface area contributed by atoms with Gasteiger partial charge >= 0.3 is 0 Å². The van der Waals surface area contributed by atoms with Crippen molar-refractivity contribution >= 4 is 5.91 Å². The summed E-state index contributed by atoms with van der Waals surface area (Å²) >= 11 is 0. The van der Waals surface area contributed by atoms with Gasteiger partial charge in [0.1, 0.15) is 0 Å². The number of carbonyl (C=O) groups is 1. The SMILES string of the molecule is NCCn1cc(C(=O)N2CCCC2CO)nn1. The predicted octanol–water partition coefficient (Wildman–Crippen LogP) is -1.17. The molecule has 3 N–H and O–H groups in total. The molecular weight excluding hydrogens is 222 g/mol. The number of aromatic nitrogens is 3. The Hall–Kier alpha value is -1.47. The van der Waals surface area contributed by atoms with E-state index in [1.807, 2.05) is 0 Å². The zero-order chi connectivity index (χ0) is 12.3. The summed E-state index contributed by atoms with van der Waals surface area (Å²) in [6, 6.07) is -0.0813. The van der Waals surface area contributed by atoms with E-state index < -0.39 is 0 Å². The molecule has 0 spiro atoms. The van der Waals surface area contributed by atoms with Crippen LogP contribution in [0, 0.1) is 0 Å². The number of carbonyl (C=O) groups excluding carboxylic acids is 1. The van der Waals surface area contributed by atoms with Gasteiger partial charge < -0.3 is 15.7 Å². The van der Waals surface area contributed by atoms with Crippen molar-refractivity contribution in [2.45, 2.75) is 25.4 Å². The molecule has 1 atom stereocenters. The fraction of sp³-hybridized carbons (Fsp3) is 0.700. The van der Waals surface area contributed by atoms with Gasteiger partial charge in [-0.25, -0.2) is 0 Å². The van der Waals surface area contributed by atoms with Gasteiger partial charge in [-0.2, -0.15) is 0 Å². The third-order valence-electron chi connectivity index (χ3n) is 2.96. The van der Waals surface area contributed by atoms with Gasteiger partial charge in [0.05, 0.1) is 25.4 Å². The number of aliphatic hydroxyl groups is 1. The summed E-state index contributed by atoms with van der Waals surface area (Å²) in [6.07, 6.45) is 3.37. The van der Waals surface area contributed by atoms with E-state index in [-0.39, 0.29) is 18.6 Å². The zero-order valence-electron chi connectivity index (χ0n) is 9.62. The number of rotatable bonds is 4. The van der Waals surface area contributed by atoms with E-state index in [2.05, 4.69) is 10.3 Å². The maximum absolute atomic E-state index is 12.1. The lowest BCUT2D eigenvalue weighted by Crippen LogP contribution is -2.37. The first kappa shape index (κ1) is 12.0. The van der Waals surface area contributed by atoms with E-state index in [4.69, 9.17) is 5.73 Å². The van der Waals surface area contributed by atoms with Gasteiger partial charge in [-0.1, -0.05) is 5.21 Å². The molecule has 1 aliphatic heterocycles. The second kappa shape index (κ2) is 5.24. The van der Waals surface area contributed by atoms with Gasteiger partial charge in [-0.05, 0) is 12.8 Å². The molecule has 1 aromatic rings. The van der Waals surface area contributed by atoms with Gasteiger partial charge in [0.25, 0.3) is 5.91 Å². The Morgan fingerprint density at radius 3 is 3.18 bits per heavy atom. The van der Waals surface area contributed by atoms with E-state index in [9.17, 15) is 9.90 Å². The highest BCUT2D eigenvalue weighted by atomic mass is 16.3. The number of hydrogen-bond donors (Lipinski definition) is 2. The highest BCUT2D eigenvalue weighted by Crippen LogP contribution is 2.18. The zero-order valence-corrected chi connectivity index (χ0v) is 9.62. The molecule has 0 saturated carbocycles. The fourth-order valence-corrected chi connectivity index (χ4v) is 2.08. The smallest absolute Gasteiger partial charge is 0.276 e. The lowest BCUT2D eigenvalue weighted by molar-refractivity contribution is 0.0671. The molecule has 1 amide bonds. The summed E-state index contributed by atoms with van der Waals surface area (Å²) in [6.45, 7) is 1.68. The van der Waals surface area contributed by atoms with Crippen molar-refractivity contribution in [1.82, 2.24) is 19.9 Å². The van der Waals surface area contributed by atoms with Gasteiger partial charge in [0, 0.05) is 13.1 Å². The first-order chi connectivity index (χ1) is 8.26. The summed E-state index contributed by atoms with van der Waals surface area (Å²) in [5, 5.41) is 16.8. The molecular formula is C10H17N5O2. The maximum atomic E-state index is 12.1. The molecule has 0 radical (unpaired) electrons. The van der Waals surface area contributed by atoms with E-state index in [1.54, 1.807) is 15.8 Å². The molecule has 2 rings (SSSR count). The minimum atomic E-state index is -0.162. The molecule has 7 nitrogen and oxygen atoms in total. The Kier molecular flexibility index (Phi) is 3.70. The Morgan fingerprint density at radius 2 is 2.47 bits per heavy atom. The molecule has 1 aromatic heterocycles. The second-order valence-electron chi connectivity index (χ2n) is 4.13. The van der Waals surface area contributed by atoms with Crippen LogP contribution < -0.4 is 5.73 Å². The van der Waals surface area contributed by atoms with Crippen molar-refractivity contribution in [3.05, 3.63) is 11.9 Å². The van der Waals surface area contributed by atoms with Crippen LogP contribution in [-0.4, -0.2) is 56.6 Å². The van der Waals surface area contributed by atoms with Crippen LogP contribution in [0.15, 0.2) is 6.20 Å². The average Bonchev–Trinajstić information content (AvgIpc) is 2.96. The van der Waals surface area contributed by atoms with Crippen LogP contribution >= 0.6 is 0 Å². The van der Waals surface area contributed by atoms with Gasteiger partial charge in [-0.15, -0.1) is 5.10 Å². The third-order valence-corrected chi connectivity index (χ3v) is 2.96. The number of amides is 1. The lowest BCUT2D eigenvalue weighted by Gasteiger charge is -2.21. The van der Waals surface area contributed by atoms with Crippen molar-refractivity contribution < 1.29 is 9.90 Å². The molecule has 1 aliphatic rings. The number of likely N-dealkylation sites (tertiary alicyclic amines) is 1. The molecule has 17 heavy (non-hydrogen) atoms. The van der Waals surface area contributed by atoms with Crippen LogP contribution in [-0.2, 0) is 6.54 Å². The summed E-state index contributed by atoms with van der Waals surface area (Å²) in [4.78, 5) is 13.8. The maximum Gasteiger partial charge on any atom is 0.276 e. The van der Waals surface area contributed by atoms with Crippen LogP contribution in [0.2, 0.25) is 0 Å². The first-order valence-electron chi connectivity index (χ1n) is 5.78. The summed E-state index contributed by atoms with van der Waals surface area (Å²) in [5.41, 5.74) is 5.71. The van der Waals surface area contributed by atoms with Crippen molar-refractivity contribution in [3.63, 3.8) is 0 Å². The standard InChI is InChI=1S/C10H17N5O2/c11-3-5-14-6-9(12-13-14)10(17)15-4-1-2-8(15)7-16/h6,8,16H,1-5,7,11H2. The normalized spacial score (nSPS) is 19.9. The molecule has 1 unspecified atom stereocenters. The van der Waals surface area contributed by atoms with Crippen LogP contribution in [0.4, 0.5) is 0 Å². The molecule has 0 bridgehead atoms. The minimum absolute atomic E-state index is 0.00266.